The zero-order valence-corrected chi connectivity index (χ0v) is 10.5. The summed E-state index contributed by atoms with van der Waals surface area (Å²) in [5.41, 5.74) is 1.22. The van der Waals surface area contributed by atoms with Gasteiger partial charge in [0.05, 0.1) is 5.03 Å². The number of carboxylic acids is 1. The van der Waals surface area contributed by atoms with Crippen molar-refractivity contribution in [1.82, 2.24) is 4.57 Å². The van der Waals surface area contributed by atoms with E-state index in [0.717, 1.165) is 5.75 Å². The summed E-state index contributed by atoms with van der Waals surface area (Å²) in [6.45, 7) is 0. The molecule has 0 spiro atoms. The highest BCUT2D eigenvalue weighted by molar-refractivity contribution is 7.99. The quantitative estimate of drug-likeness (QED) is 0.654. The molecule has 1 N–H and O–H groups in total. The second-order valence-corrected chi connectivity index (χ2v) is 5.06. The predicted octanol–water partition coefficient (Wildman–Crippen LogP) is 3.14. The minimum absolute atomic E-state index is 0.247. The molecule has 0 bridgehead atoms. The van der Waals surface area contributed by atoms with Gasteiger partial charge in [-0.05, 0) is 24.3 Å². The van der Waals surface area contributed by atoms with Crippen LogP contribution in [-0.4, -0.2) is 21.4 Å². The number of hydrogen-bond donors (Lipinski definition) is 1. The van der Waals surface area contributed by atoms with Crippen molar-refractivity contribution in [1.29, 1.82) is 0 Å². The molecule has 0 unspecified atom stereocenters. The molecular formula is C13H15NO2S. The number of aryl methyl sites for hydroxylation is 1. The summed E-state index contributed by atoms with van der Waals surface area (Å²) in [6, 6.07) is 10.4. The number of aromatic nitrogens is 1. The predicted molar refractivity (Wildman–Crippen MR) is 70.5 cm³/mol. The first-order valence-corrected chi connectivity index (χ1v) is 6.56. The fraction of sp³-hybridized carbons (Fsp3) is 0.308. The molecule has 0 saturated heterocycles. The Morgan fingerprint density at radius 1 is 1.41 bits per heavy atom. The first-order chi connectivity index (χ1) is 8.18. The maximum atomic E-state index is 10.4. The average Bonchev–Trinajstić information content (AvgIpc) is 2.63. The maximum absolute atomic E-state index is 10.4. The Morgan fingerprint density at radius 3 is 2.88 bits per heavy atom. The summed E-state index contributed by atoms with van der Waals surface area (Å²) in [5.74, 6) is 0.124. The number of rotatable bonds is 5. The highest BCUT2D eigenvalue weighted by Crippen LogP contribution is 2.26. The lowest BCUT2D eigenvalue weighted by Gasteiger charge is -2.02. The zero-order chi connectivity index (χ0) is 12.3. The lowest BCUT2D eigenvalue weighted by Crippen LogP contribution is -1.95. The summed E-state index contributed by atoms with van der Waals surface area (Å²) in [7, 11) is 2.04. The lowest BCUT2D eigenvalue weighted by atomic mass is 10.2. The minimum atomic E-state index is -0.720. The van der Waals surface area contributed by atoms with Crippen LogP contribution in [-0.2, 0) is 11.8 Å². The molecule has 0 saturated carbocycles. The summed E-state index contributed by atoms with van der Waals surface area (Å²) in [4.78, 5) is 10.4. The molecule has 2 rings (SSSR count). The molecule has 0 aliphatic rings. The Balaban J connectivity index is 2.04. The first-order valence-electron chi connectivity index (χ1n) is 5.57. The van der Waals surface area contributed by atoms with Gasteiger partial charge in [0.25, 0.3) is 0 Å². The van der Waals surface area contributed by atoms with Crippen LogP contribution in [0.3, 0.4) is 0 Å². The number of carbonyl (C=O) groups is 1. The topological polar surface area (TPSA) is 42.2 Å². The summed E-state index contributed by atoms with van der Waals surface area (Å²) < 4.78 is 2.15. The van der Waals surface area contributed by atoms with Crippen LogP contribution in [0.4, 0.5) is 0 Å². The first kappa shape index (κ1) is 12.0. The summed E-state index contributed by atoms with van der Waals surface area (Å²) in [5, 5.41) is 11.0. The highest BCUT2D eigenvalue weighted by atomic mass is 32.2. The van der Waals surface area contributed by atoms with E-state index in [1.807, 2.05) is 19.2 Å². The molecule has 0 aliphatic carbocycles. The van der Waals surface area contributed by atoms with E-state index >= 15 is 0 Å². The number of hydrogen-bond acceptors (Lipinski definition) is 2. The summed E-state index contributed by atoms with van der Waals surface area (Å²) in [6.07, 6.45) is 0.957. The van der Waals surface area contributed by atoms with Crippen molar-refractivity contribution < 1.29 is 9.90 Å². The Hall–Kier alpha value is -1.42. The van der Waals surface area contributed by atoms with Crippen LogP contribution in [0.15, 0.2) is 35.4 Å². The van der Waals surface area contributed by atoms with Gasteiger partial charge in [0.2, 0.25) is 0 Å². The van der Waals surface area contributed by atoms with E-state index < -0.39 is 5.97 Å². The molecule has 1 aromatic carbocycles. The molecule has 90 valence electrons. The van der Waals surface area contributed by atoms with Crippen molar-refractivity contribution in [3.8, 4) is 0 Å². The zero-order valence-electron chi connectivity index (χ0n) is 9.72. The number of aliphatic carboxylic acids is 1. The Morgan fingerprint density at radius 2 is 2.18 bits per heavy atom. The van der Waals surface area contributed by atoms with Crippen molar-refractivity contribution in [2.24, 2.45) is 7.05 Å². The van der Waals surface area contributed by atoms with E-state index in [9.17, 15) is 4.79 Å². The number of nitrogens with zero attached hydrogens (tertiary/aromatic N) is 1. The number of thioether (sulfide) groups is 1. The van der Waals surface area contributed by atoms with Gasteiger partial charge in [-0.25, -0.2) is 0 Å². The SMILES string of the molecule is Cn1c(SCCCC(=O)O)cc2ccccc21. The van der Waals surface area contributed by atoms with Gasteiger partial charge >= 0.3 is 5.97 Å². The van der Waals surface area contributed by atoms with E-state index in [1.54, 1.807) is 11.8 Å². The lowest BCUT2D eigenvalue weighted by molar-refractivity contribution is -0.137. The molecule has 0 atom stereocenters. The largest absolute Gasteiger partial charge is 0.481 e. The van der Waals surface area contributed by atoms with Crippen molar-refractivity contribution in [2.75, 3.05) is 5.75 Å². The van der Waals surface area contributed by atoms with Crippen molar-refractivity contribution >= 4 is 28.6 Å². The normalized spacial score (nSPS) is 10.9. The van der Waals surface area contributed by atoms with Crippen molar-refractivity contribution in [2.45, 2.75) is 17.9 Å². The molecule has 4 heteroatoms. The molecule has 2 aromatic rings. The molecule has 3 nitrogen and oxygen atoms in total. The van der Waals surface area contributed by atoms with Crippen LogP contribution >= 0.6 is 11.8 Å². The van der Waals surface area contributed by atoms with Crippen LogP contribution in [0.1, 0.15) is 12.8 Å². The second-order valence-electron chi connectivity index (χ2n) is 3.95. The van der Waals surface area contributed by atoms with Crippen molar-refractivity contribution in [3.05, 3.63) is 30.3 Å². The maximum Gasteiger partial charge on any atom is 0.303 e. The Labute approximate surface area is 104 Å². The number of benzene rings is 1. The monoisotopic (exact) mass is 249 g/mol. The standard InChI is InChI=1S/C13H15NO2S/c1-14-11-6-3-2-5-10(11)9-12(14)17-8-4-7-13(15)16/h2-3,5-6,9H,4,7-8H2,1H3,(H,15,16). The van der Waals surface area contributed by atoms with E-state index in [2.05, 4.69) is 22.8 Å². The third kappa shape index (κ3) is 2.82. The van der Waals surface area contributed by atoms with Gasteiger partial charge < -0.3 is 9.67 Å². The van der Waals surface area contributed by atoms with Gasteiger partial charge in [0, 0.05) is 24.4 Å². The molecule has 0 fully saturated rings. The van der Waals surface area contributed by atoms with Gasteiger partial charge in [0.1, 0.15) is 0 Å². The van der Waals surface area contributed by atoms with Crippen LogP contribution in [0.2, 0.25) is 0 Å². The van der Waals surface area contributed by atoms with E-state index in [4.69, 9.17) is 5.11 Å². The van der Waals surface area contributed by atoms with Gasteiger partial charge in [0.15, 0.2) is 0 Å². The highest BCUT2D eigenvalue weighted by Gasteiger charge is 2.05. The number of fused-ring (bicyclic) bond motifs is 1. The smallest absolute Gasteiger partial charge is 0.303 e. The third-order valence-electron chi connectivity index (χ3n) is 2.69. The molecule has 0 radical (unpaired) electrons. The van der Waals surface area contributed by atoms with Gasteiger partial charge in [-0.2, -0.15) is 0 Å². The van der Waals surface area contributed by atoms with Gasteiger partial charge in [-0.1, -0.05) is 18.2 Å². The molecule has 0 amide bonds. The van der Waals surface area contributed by atoms with E-state index in [1.165, 1.54) is 15.9 Å². The van der Waals surface area contributed by atoms with Crippen LogP contribution < -0.4 is 0 Å². The average molecular weight is 249 g/mol. The van der Waals surface area contributed by atoms with E-state index in [-0.39, 0.29) is 6.42 Å². The van der Waals surface area contributed by atoms with Crippen LogP contribution in [0, 0.1) is 0 Å². The fourth-order valence-corrected chi connectivity index (χ4v) is 2.80. The molecule has 0 aliphatic heterocycles. The second kappa shape index (κ2) is 5.27. The molecule has 1 aromatic heterocycles. The van der Waals surface area contributed by atoms with Gasteiger partial charge in [-0.3, -0.25) is 4.79 Å². The Kier molecular flexibility index (Phi) is 3.74. The molecular weight excluding hydrogens is 234 g/mol. The summed E-state index contributed by atoms with van der Waals surface area (Å²) >= 11 is 1.71. The molecule has 1 heterocycles. The minimum Gasteiger partial charge on any atom is -0.481 e. The van der Waals surface area contributed by atoms with Gasteiger partial charge in [-0.15, -0.1) is 11.8 Å². The Bertz CT molecular complexity index is 533. The number of para-hydroxylation sites is 1. The van der Waals surface area contributed by atoms with E-state index in [0.29, 0.717) is 6.42 Å². The molecule has 17 heavy (non-hydrogen) atoms. The van der Waals surface area contributed by atoms with Crippen LogP contribution in [0.25, 0.3) is 10.9 Å². The fourth-order valence-electron chi connectivity index (χ4n) is 1.80. The third-order valence-corrected chi connectivity index (χ3v) is 3.87. The number of carboxylic acid groups (broad SMARTS) is 1. The van der Waals surface area contributed by atoms with Crippen molar-refractivity contribution in [3.63, 3.8) is 0 Å². The van der Waals surface area contributed by atoms with Crippen LogP contribution in [0.5, 0.6) is 0 Å².